The molecule has 0 saturated carbocycles. The van der Waals surface area contributed by atoms with E-state index in [4.69, 9.17) is 0 Å². The van der Waals surface area contributed by atoms with E-state index in [1.807, 2.05) is 0 Å². The summed E-state index contributed by atoms with van der Waals surface area (Å²) in [6.45, 7) is 2.33. The molecule has 2 rings (SSSR count). The van der Waals surface area contributed by atoms with Crippen molar-refractivity contribution in [3.8, 4) is 0 Å². The van der Waals surface area contributed by atoms with E-state index < -0.39 is 19.9 Å². The maximum Gasteiger partial charge on any atom is 0.240 e. The van der Waals surface area contributed by atoms with Crippen LogP contribution in [0, 0.1) is 0 Å². The van der Waals surface area contributed by atoms with Gasteiger partial charge in [0.15, 0.2) is 0 Å². The van der Waals surface area contributed by atoms with Crippen LogP contribution in [0.2, 0.25) is 0 Å². The lowest BCUT2D eigenvalue weighted by molar-refractivity contribution is -0.129. The van der Waals surface area contributed by atoms with Crippen LogP contribution in [-0.2, 0) is 37.6 Å². The van der Waals surface area contributed by atoms with Gasteiger partial charge in [-0.2, -0.15) is 0 Å². The molecule has 0 unspecified atom stereocenters. The van der Waals surface area contributed by atoms with E-state index in [0.717, 1.165) is 17.4 Å². The van der Waals surface area contributed by atoms with Gasteiger partial charge < -0.3 is 4.90 Å². The Kier molecular flexibility index (Phi) is 5.12. The third-order valence-corrected chi connectivity index (χ3v) is 6.11. The van der Waals surface area contributed by atoms with E-state index in [9.17, 15) is 21.6 Å². The van der Waals surface area contributed by atoms with Gasteiger partial charge in [-0.1, -0.05) is 6.07 Å². The second kappa shape index (κ2) is 6.58. The van der Waals surface area contributed by atoms with E-state index in [1.54, 1.807) is 17.0 Å². The SMILES string of the molecule is CC(=O)N1CCc2ccc(S(=O)(=O)NCCS(C)(=O)=O)cc2C1. The summed E-state index contributed by atoms with van der Waals surface area (Å²) in [6.07, 6.45) is 1.74. The maximum atomic E-state index is 12.2. The highest BCUT2D eigenvalue weighted by Crippen LogP contribution is 2.22. The highest BCUT2D eigenvalue weighted by molar-refractivity contribution is 7.91. The molecule has 1 amide bonds. The highest BCUT2D eigenvalue weighted by Gasteiger charge is 2.21. The Bertz CT molecular complexity index is 816. The summed E-state index contributed by atoms with van der Waals surface area (Å²) in [5.74, 6) is -0.301. The number of carbonyl (C=O) groups excluding carboxylic acids is 1. The van der Waals surface area contributed by atoms with E-state index >= 15 is 0 Å². The Morgan fingerprint density at radius 1 is 1.22 bits per heavy atom. The Labute approximate surface area is 136 Å². The summed E-state index contributed by atoms with van der Waals surface area (Å²) in [5, 5.41) is 0. The van der Waals surface area contributed by atoms with Gasteiger partial charge in [-0.15, -0.1) is 0 Å². The molecule has 0 saturated heterocycles. The number of amides is 1. The fourth-order valence-electron chi connectivity index (χ4n) is 2.41. The zero-order valence-electron chi connectivity index (χ0n) is 13.1. The lowest BCUT2D eigenvalue weighted by Gasteiger charge is -2.28. The van der Waals surface area contributed by atoms with Crippen LogP contribution in [0.25, 0.3) is 0 Å². The number of carbonyl (C=O) groups is 1. The van der Waals surface area contributed by atoms with Crippen LogP contribution in [0.15, 0.2) is 23.1 Å². The first-order valence-electron chi connectivity index (χ1n) is 7.13. The quantitative estimate of drug-likeness (QED) is 0.791. The second-order valence-corrected chi connectivity index (χ2v) is 9.68. The van der Waals surface area contributed by atoms with E-state index in [-0.39, 0.29) is 23.1 Å². The summed E-state index contributed by atoms with van der Waals surface area (Å²) < 4.78 is 48.9. The zero-order chi connectivity index (χ0) is 17.3. The standard InChI is InChI=1S/C14H20N2O5S2/c1-11(17)16-7-5-12-3-4-14(9-13(12)10-16)23(20,21)15-6-8-22(2,18)19/h3-4,9,15H,5-8,10H2,1-2H3. The minimum atomic E-state index is -3.77. The van der Waals surface area contributed by atoms with Crippen LogP contribution in [0.5, 0.6) is 0 Å². The third kappa shape index (κ3) is 4.76. The predicted octanol–water partition coefficient (Wildman–Crippen LogP) is -0.0859. The van der Waals surface area contributed by atoms with Gasteiger partial charge in [-0.3, -0.25) is 4.79 Å². The number of sulfone groups is 1. The summed E-state index contributed by atoms with van der Waals surface area (Å²) in [5.41, 5.74) is 1.83. The number of hydrogen-bond donors (Lipinski definition) is 1. The van der Waals surface area contributed by atoms with Crippen LogP contribution in [0.1, 0.15) is 18.1 Å². The molecule has 0 bridgehead atoms. The number of nitrogens with one attached hydrogen (secondary N) is 1. The molecule has 128 valence electrons. The summed E-state index contributed by atoms with van der Waals surface area (Å²) in [4.78, 5) is 13.2. The average Bonchev–Trinajstić information content (AvgIpc) is 2.44. The van der Waals surface area contributed by atoms with Crippen molar-refractivity contribution < 1.29 is 21.6 Å². The Hall–Kier alpha value is -1.45. The Morgan fingerprint density at radius 2 is 1.91 bits per heavy atom. The van der Waals surface area contributed by atoms with E-state index in [1.165, 1.54) is 13.0 Å². The van der Waals surface area contributed by atoms with Gasteiger partial charge in [-0.05, 0) is 29.7 Å². The summed E-state index contributed by atoms with van der Waals surface area (Å²) >= 11 is 0. The zero-order valence-corrected chi connectivity index (χ0v) is 14.7. The third-order valence-electron chi connectivity index (χ3n) is 3.71. The molecule has 0 atom stereocenters. The maximum absolute atomic E-state index is 12.2. The largest absolute Gasteiger partial charge is 0.338 e. The average molecular weight is 360 g/mol. The Morgan fingerprint density at radius 3 is 2.52 bits per heavy atom. The molecular formula is C14H20N2O5S2. The molecule has 0 radical (unpaired) electrons. The fraction of sp³-hybridized carbons (Fsp3) is 0.500. The first-order valence-corrected chi connectivity index (χ1v) is 10.7. The Balaban J connectivity index is 2.17. The lowest BCUT2D eigenvalue weighted by atomic mass is 10.00. The predicted molar refractivity (Wildman–Crippen MR) is 86.1 cm³/mol. The number of rotatable bonds is 5. The van der Waals surface area contributed by atoms with Gasteiger partial charge in [0.05, 0.1) is 10.6 Å². The van der Waals surface area contributed by atoms with Gasteiger partial charge in [0, 0.05) is 32.8 Å². The minimum Gasteiger partial charge on any atom is -0.338 e. The first-order chi connectivity index (χ1) is 10.6. The topological polar surface area (TPSA) is 101 Å². The number of fused-ring (bicyclic) bond motifs is 1. The normalized spacial score (nSPS) is 15.3. The number of sulfonamides is 1. The van der Waals surface area contributed by atoms with E-state index in [0.29, 0.717) is 19.5 Å². The molecule has 9 heteroatoms. The lowest BCUT2D eigenvalue weighted by Crippen LogP contribution is -2.34. The van der Waals surface area contributed by atoms with Crippen molar-refractivity contribution in [1.82, 2.24) is 9.62 Å². The molecule has 23 heavy (non-hydrogen) atoms. The van der Waals surface area contributed by atoms with Crippen molar-refractivity contribution in [3.63, 3.8) is 0 Å². The molecule has 1 aliphatic rings. The molecular weight excluding hydrogens is 340 g/mol. The molecule has 0 aliphatic carbocycles. The van der Waals surface area contributed by atoms with Crippen molar-refractivity contribution in [3.05, 3.63) is 29.3 Å². The molecule has 0 fully saturated rings. The number of hydrogen-bond acceptors (Lipinski definition) is 5. The molecule has 1 aliphatic heterocycles. The van der Waals surface area contributed by atoms with Crippen LogP contribution < -0.4 is 4.72 Å². The van der Waals surface area contributed by atoms with Crippen molar-refractivity contribution in [2.24, 2.45) is 0 Å². The highest BCUT2D eigenvalue weighted by atomic mass is 32.2. The van der Waals surface area contributed by atoms with Crippen LogP contribution in [0.3, 0.4) is 0 Å². The van der Waals surface area contributed by atoms with Crippen molar-refractivity contribution in [1.29, 1.82) is 0 Å². The minimum absolute atomic E-state index is 0.0461. The summed E-state index contributed by atoms with van der Waals surface area (Å²) in [6, 6.07) is 4.80. The van der Waals surface area contributed by atoms with Gasteiger partial charge in [-0.25, -0.2) is 21.6 Å². The summed E-state index contributed by atoms with van der Waals surface area (Å²) in [7, 11) is -7.00. The molecule has 0 spiro atoms. The monoisotopic (exact) mass is 360 g/mol. The van der Waals surface area contributed by atoms with Crippen molar-refractivity contribution in [2.45, 2.75) is 24.8 Å². The number of benzene rings is 1. The van der Waals surface area contributed by atoms with Crippen LogP contribution >= 0.6 is 0 Å². The molecule has 1 aromatic rings. The van der Waals surface area contributed by atoms with Gasteiger partial charge in [0.2, 0.25) is 15.9 Å². The van der Waals surface area contributed by atoms with Crippen LogP contribution in [-0.4, -0.2) is 52.7 Å². The molecule has 1 N–H and O–H groups in total. The first kappa shape index (κ1) is 17.9. The van der Waals surface area contributed by atoms with Gasteiger partial charge in [0.1, 0.15) is 9.84 Å². The smallest absolute Gasteiger partial charge is 0.240 e. The molecule has 7 nitrogen and oxygen atoms in total. The molecule has 1 heterocycles. The van der Waals surface area contributed by atoms with Crippen molar-refractivity contribution in [2.75, 3.05) is 25.1 Å². The molecule has 1 aromatic carbocycles. The van der Waals surface area contributed by atoms with Crippen LogP contribution in [0.4, 0.5) is 0 Å². The van der Waals surface area contributed by atoms with Gasteiger partial charge >= 0.3 is 0 Å². The number of nitrogens with zero attached hydrogens (tertiary/aromatic N) is 1. The second-order valence-electron chi connectivity index (χ2n) is 5.65. The van der Waals surface area contributed by atoms with Gasteiger partial charge in [0.25, 0.3) is 0 Å². The van der Waals surface area contributed by atoms with E-state index in [2.05, 4.69) is 4.72 Å². The van der Waals surface area contributed by atoms with Crippen molar-refractivity contribution >= 4 is 25.8 Å². The molecule has 0 aromatic heterocycles. The fourth-order valence-corrected chi connectivity index (χ4v) is 4.10.